The number of rotatable bonds is 3. The molecule has 0 saturated carbocycles. The molecule has 0 aromatic heterocycles. The fourth-order valence-corrected chi connectivity index (χ4v) is 1.72. The maximum atomic E-state index is 14.2. The summed E-state index contributed by atoms with van der Waals surface area (Å²) >= 11 is 0. The van der Waals surface area contributed by atoms with Crippen LogP contribution in [0.3, 0.4) is 0 Å². The molecule has 2 aromatic rings. The summed E-state index contributed by atoms with van der Waals surface area (Å²) in [5.74, 6) is -0.420. The zero-order valence-electron chi connectivity index (χ0n) is 9.97. The molecule has 3 heteroatoms. The van der Waals surface area contributed by atoms with Gasteiger partial charge in [0, 0.05) is 0 Å². The van der Waals surface area contributed by atoms with Gasteiger partial charge in [0.15, 0.2) is 6.17 Å². The van der Waals surface area contributed by atoms with Gasteiger partial charge in [-0.1, -0.05) is 42.5 Å². The Morgan fingerprint density at radius 2 is 1.56 bits per heavy atom. The molecule has 0 spiro atoms. The zero-order valence-corrected chi connectivity index (χ0v) is 9.97. The standard InChI is InChI=1S/C15H13FO2/c1-18-15(17)13-9-7-12(8-10-13)14(16)11-5-3-2-4-6-11/h2-10,14H,1H3/t14-/m0/s1. The number of ether oxygens (including phenoxy) is 1. The van der Waals surface area contributed by atoms with Crippen LogP contribution in [0.1, 0.15) is 27.7 Å². The van der Waals surface area contributed by atoms with Crippen LogP contribution >= 0.6 is 0 Å². The van der Waals surface area contributed by atoms with Crippen LogP contribution in [0.15, 0.2) is 54.6 Å². The number of alkyl halides is 1. The van der Waals surface area contributed by atoms with Gasteiger partial charge in [-0.25, -0.2) is 9.18 Å². The van der Waals surface area contributed by atoms with Gasteiger partial charge in [-0.05, 0) is 23.3 Å². The number of benzene rings is 2. The summed E-state index contributed by atoms with van der Waals surface area (Å²) in [6.45, 7) is 0. The van der Waals surface area contributed by atoms with E-state index in [1.165, 1.54) is 7.11 Å². The van der Waals surface area contributed by atoms with Gasteiger partial charge in [-0.2, -0.15) is 0 Å². The Bertz CT molecular complexity index is 520. The fourth-order valence-electron chi connectivity index (χ4n) is 1.72. The second kappa shape index (κ2) is 5.45. The largest absolute Gasteiger partial charge is 0.465 e. The number of esters is 1. The molecule has 0 heterocycles. The monoisotopic (exact) mass is 244 g/mol. The molecule has 2 nitrogen and oxygen atoms in total. The number of methoxy groups -OCH3 is 1. The van der Waals surface area contributed by atoms with E-state index in [1.807, 2.05) is 6.07 Å². The lowest BCUT2D eigenvalue weighted by atomic mass is 10.0. The molecule has 0 bridgehead atoms. The van der Waals surface area contributed by atoms with Gasteiger partial charge in [-0.15, -0.1) is 0 Å². The van der Waals surface area contributed by atoms with Crippen molar-refractivity contribution in [2.75, 3.05) is 7.11 Å². The van der Waals surface area contributed by atoms with Crippen molar-refractivity contribution < 1.29 is 13.9 Å². The molecule has 0 saturated heterocycles. The molecule has 2 aromatic carbocycles. The predicted molar refractivity (Wildman–Crippen MR) is 67.2 cm³/mol. The molecule has 1 atom stereocenters. The Labute approximate surface area is 105 Å². The van der Waals surface area contributed by atoms with E-state index in [0.29, 0.717) is 16.7 Å². The number of halogens is 1. The molecule has 0 unspecified atom stereocenters. The minimum absolute atomic E-state index is 0.418. The van der Waals surface area contributed by atoms with E-state index in [-0.39, 0.29) is 0 Å². The maximum absolute atomic E-state index is 14.2. The molecule has 0 fully saturated rings. The lowest BCUT2D eigenvalue weighted by Crippen LogP contribution is -2.01. The van der Waals surface area contributed by atoms with Crippen molar-refractivity contribution in [1.82, 2.24) is 0 Å². The second-order valence-electron chi connectivity index (χ2n) is 3.89. The highest BCUT2D eigenvalue weighted by Gasteiger charge is 2.13. The van der Waals surface area contributed by atoms with Crippen LogP contribution in [0.2, 0.25) is 0 Å². The average molecular weight is 244 g/mol. The fraction of sp³-hybridized carbons (Fsp3) is 0.133. The third-order valence-corrected chi connectivity index (χ3v) is 2.72. The predicted octanol–water partition coefficient (Wildman–Crippen LogP) is 3.53. The lowest BCUT2D eigenvalue weighted by molar-refractivity contribution is 0.0600. The smallest absolute Gasteiger partial charge is 0.337 e. The molecule has 92 valence electrons. The van der Waals surface area contributed by atoms with Gasteiger partial charge in [0.25, 0.3) is 0 Å². The molecule has 0 aliphatic heterocycles. The van der Waals surface area contributed by atoms with Crippen LogP contribution in [-0.4, -0.2) is 13.1 Å². The first-order valence-electron chi connectivity index (χ1n) is 5.59. The normalized spacial score (nSPS) is 11.9. The highest BCUT2D eigenvalue weighted by molar-refractivity contribution is 5.89. The quantitative estimate of drug-likeness (QED) is 0.772. The molecule has 0 N–H and O–H groups in total. The molecule has 0 radical (unpaired) electrons. The number of carbonyl (C=O) groups excluding carboxylic acids is 1. The molecule has 0 aliphatic rings. The molecular weight excluding hydrogens is 231 g/mol. The van der Waals surface area contributed by atoms with Crippen molar-refractivity contribution in [2.24, 2.45) is 0 Å². The Morgan fingerprint density at radius 3 is 2.11 bits per heavy atom. The Balaban J connectivity index is 2.22. The first-order chi connectivity index (χ1) is 8.72. The molecule has 0 aliphatic carbocycles. The van der Waals surface area contributed by atoms with Gasteiger partial charge in [0.2, 0.25) is 0 Å². The minimum Gasteiger partial charge on any atom is -0.465 e. The van der Waals surface area contributed by atoms with Crippen molar-refractivity contribution in [3.8, 4) is 0 Å². The lowest BCUT2D eigenvalue weighted by Gasteiger charge is -2.09. The highest BCUT2D eigenvalue weighted by atomic mass is 19.1. The van der Waals surface area contributed by atoms with Crippen molar-refractivity contribution in [3.05, 3.63) is 71.3 Å². The summed E-state index contributed by atoms with van der Waals surface area (Å²) in [5.41, 5.74) is 1.54. The first kappa shape index (κ1) is 12.3. The van der Waals surface area contributed by atoms with E-state index in [9.17, 15) is 9.18 Å². The average Bonchev–Trinajstić information content (AvgIpc) is 2.47. The maximum Gasteiger partial charge on any atom is 0.337 e. The van der Waals surface area contributed by atoms with Crippen LogP contribution in [0.25, 0.3) is 0 Å². The summed E-state index contributed by atoms with van der Waals surface area (Å²) in [7, 11) is 1.32. The topological polar surface area (TPSA) is 26.3 Å². The SMILES string of the molecule is COC(=O)c1ccc([C@@H](F)c2ccccc2)cc1. The van der Waals surface area contributed by atoms with Crippen LogP contribution < -0.4 is 0 Å². The summed E-state index contributed by atoms with van der Waals surface area (Å²) < 4.78 is 18.8. The van der Waals surface area contributed by atoms with Crippen LogP contribution in [-0.2, 0) is 4.74 Å². The number of hydrogen-bond donors (Lipinski definition) is 0. The molecular formula is C15H13FO2. The second-order valence-corrected chi connectivity index (χ2v) is 3.89. The van der Waals surface area contributed by atoms with Crippen LogP contribution in [0.4, 0.5) is 4.39 Å². The summed E-state index contributed by atoms with van der Waals surface area (Å²) in [4.78, 5) is 11.2. The molecule has 18 heavy (non-hydrogen) atoms. The Morgan fingerprint density at radius 1 is 1.00 bits per heavy atom. The minimum atomic E-state index is -1.18. The zero-order chi connectivity index (χ0) is 13.0. The van der Waals surface area contributed by atoms with Gasteiger partial charge in [-0.3, -0.25) is 0 Å². The third-order valence-electron chi connectivity index (χ3n) is 2.72. The third kappa shape index (κ3) is 2.56. The first-order valence-corrected chi connectivity index (χ1v) is 5.59. The van der Waals surface area contributed by atoms with Crippen LogP contribution in [0, 0.1) is 0 Å². The van der Waals surface area contributed by atoms with E-state index in [4.69, 9.17) is 0 Å². The number of carbonyl (C=O) groups is 1. The number of hydrogen-bond acceptors (Lipinski definition) is 2. The highest BCUT2D eigenvalue weighted by Crippen LogP contribution is 2.25. The van der Waals surface area contributed by atoms with E-state index in [0.717, 1.165) is 0 Å². The van der Waals surface area contributed by atoms with Crippen molar-refractivity contribution in [2.45, 2.75) is 6.17 Å². The van der Waals surface area contributed by atoms with Crippen LogP contribution in [0.5, 0.6) is 0 Å². The summed E-state index contributed by atoms with van der Waals surface area (Å²) in [6, 6.07) is 15.2. The summed E-state index contributed by atoms with van der Waals surface area (Å²) in [6.07, 6.45) is -1.18. The Hall–Kier alpha value is -2.16. The van der Waals surface area contributed by atoms with E-state index in [1.54, 1.807) is 48.5 Å². The van der Waals surface area contributed by atoms with Gasteiger partial charge < -0.3 is 4.74 Å². The van der Waals surface area contributed by atoms with E-state index < -0.39 is 12.1 Å². The Kier molecular flexibility index (Phi) is 3.72. The van der Waals surface area contributed by atoms with Crippen molar-refractivity contribution >= 4 is 5.97 Å². The van der Waals surface area contributed by atoms with Crippen molar-refractivity contribution in [1.29, 1.82) is 0 Å². The molecule has 2 rings (SSSR count). The van der Waals surface area contributed by atoms with E-state index >= 15 is 0 Å². The van der Waals surface area contributed by atoms with Gasteiger partial charge in [0.1, 0.15) is 0 Å². The molecule has 0 amide bonds. The summed E-state index contributed by atoms with van der Waals surface area (Å²) in [5, 5.41) is 0. The van der Waals surface area contributed by atoms with Gasteiger partial charge in [0.05, 0.1) is 12.7 Å². The van der Waals surface area contributed by atoms with Gasteiger partial charge >= 0.3 is 5.97 Å². The van der Waals surface area contributed by atoms with Crippen molar-refractivity contribution in [3.63, 3.8) is 0 Å². The van der Waals surface area contributed by atoms with E-state index in [2.05, 4.69) is 4.74 Å².